The zero-order valence-corrected chi connectivity index (χ0v) is 8.24. The molecule has 15 heavy (non-hydrogen) atoms. The molecule has 0 aliphatic heterocycles. The van der Waals surface area contributed by atoms with E-state index < -0.39 is 0 Å². The van der Waals surface area contributed by atoms with E-state index in [-0.39, 0.29) is 5.69 Å². The minimum atomic E-state index is -0.207. The highest BCUT2D eigenvalue weighted by atomic mass is 16.2. The number of aromatic nitrogens is 4. The summed E-state index contributed by atoms with van der Waals surface area (Å²) in [5, 5.41) is 3.93. The van der Waals surface area contributed by atoms with E-state index in [0.717, 1.165) is 0 Å². The van der Waals surface area contributed by atoms with E-state index in [9.17, 15) is 4.79 Å². The lowest BCUT2D eigenvalue weighted by Gasteiger charge is -1.96. The molecule has 76 valence electrons. The molecule has 0 saturated carbocycles. The third-order valence-corrected chi connectivity index (χ3v) is 1.91. The average Bonchev–Trinajstić information content (AvgIpc) is 2.63. The topological polar surface area (TPSA) is 52.7 Å². The van der Waals surface area contributed by atoms with Gasteiger partial charge < -0.3 is 0 Å². The van der Waals surface area contributed by atoms with Gasteiger partial charge in [0.2, 0.25) is 0 Å². The largest absolute Gasteiger partial charge is 0.354 e. The monoisotopic (exact) mass is 202 g/mol. The molecule has 2 aromatic rings. The van der Waals surface area contributed by atoms with Crippen molar-refractivity contribution in [2.45, 2.75) is 6.92 Å². The molecule has 0 saturated heterocycles. The summed E-state index contributed by atoms with van der Waals surface area (Å²) in [5.74, 6) is 0. The van der Waals surface area contributed by atoms with Crippen LogP contribution in [0.3, 0.4) is 0 Å². The van der Waals surface area contributed by atoms with Crippen molar-refractivity contribution in [1.82, 2.24) is 19.3 Å². The number of allylic oxidation sites excluding steroid dienone is 1. The minimum Gasteiger partial charge on any atom is -0.263 e. The van der Waals surface area contributed by atoms with Crippen LogP contribution in [0.25, 0.3) is 11.9 Å². The molecule has 0 aliphatic rings. The Morgan fingerprint density at radius 1 is 1.47 bits per heavy atom. The van der Waals surface area contributed by atoms with Crippen molar-refractivity contribution in [3.63, 3.8) is 0 Å². The normalized spacial score (nSPS) is 11.0. The van der Waals surface area contributed by atoms with Crippen LogP contribution in [-0.2, 0) is 0 Å². The summed E-state index contributed by atoms with van der Waals surface area (Å²) in [5.41, 5.74) is 0.499. The third kappa shape index (κ3) is 1.71. The van der Waals surface area contributed by atoms with Gasteiger partial charge in [0.1, 0.15) is 6.33 Å². The maximum absolute atomic E-state index is 11.7. The minimum absolute atomic E-state index is 0.207. The summed E-state index contributed by atoms with van der Waals surface area (Å²) >= 11 is 0. The molecule has 0 spiro atoms. The van der Waals surface area contributed by atoms with E-state index in [0.29, 0.717) is 5.69 Å². The molecule has 0 atom stereocenters. The number of hydrogen-bond donors (Lipinski definition) is 0. The second kappa shape index (κ2) is 3.91. The van der Waals surface area contributed by atoms with Gasteiger partial charge in [-0.15, -0.1) is 0 Å². The molecule has 2 aromatic heterocycles. The first-order valence-electron chi connectivity index (χ1n) is 4.52. The van der Waals surface area contributed by atoms with Gasteiger partial charge in [-0.25, -0.2) is 9.36 Å². The maximum Gasteiger partial charge on any atom is 0.354 e. The van der Waals surface area contributed by atoms with E-state index in [4.69, 9.17) is 0 Å². The Morgan fingerprint density at radius 2 is 2.33 bits per heavy atom. The van der Waals surface area contributed by atoms with Crippen LogP contribution in [0.1, 0.15) is 6.92 Å². The molecule has 0 aliphatic carbocycles. The Morgan fingerprint density at radius 3 is 3.00 bits per heavy atom. The van der Waals surface area contributed by atoms with E-state index >= 15 is 0 Å². The Hall–Kier alpha value is -2.17. The molecule has 0 radical (unpaired) electrons. The molecule has 2 rings (SSSR count). The quantitative estimate of drug-likeness (QED) is 0.727. The van der Waals surface area contributed by atoms with Crippen LogP contribution in [0.5, 0.6) is 0 Å². The molecule has 0 aromatic carbocycles. The lowest BCUT2D eigenvalue weighted by Crippen LogP contribution is -2.20. The van der Waals surface area contributed by atoms with E-state index in [1.54, 1.807) is 36.8 Å². The lowest BCUT2D eigenvalue weighted by molar-refractivity contribution is 0.874. The van der Waals surface area contributed by atoms with Crippen LogP contribution in [0.4, 0.5) is 0 Å². The highest BCUT2D eigenvalue weighted by Crippen LogP contribution is 1.99. The molecule has 0 fully saturated rings. The fourth-order valence-electron chi connectivity index (χ4n) is 1.23. The predicted octanol–water partition coefficient (Wildman–Crippen LogP) is 0.920. The predicted molar refractivity (Wildman–Crippen MR) is 56.6 cm³/mol. The van der Waals surface area contributed by atoms with Crippen molar-refractivity contribution < 1.29 is 0 Å². The van der Waals surface area contributed by atoms with Crippen LogP contribution in [-0.4, -0.2) is 19.3 Å². The van der Waals surface area contributed by atoms with Gasteiger partial charge in [0.25, 0.3) is 0 Å². The van der Waals surface area contributed by atoms with Crippen molar-refractivity contribution in [2.75, 3.05) is 0 Å². The van der Waals surface area contributed by atoms with E-state index in [2.05, 4.69) is 10.1 Å². The van der Waals surface area contributed by atoms with E-state index in [1.165, 1.54) is 15.6 Å². The van der Waals surface area contributed by atoms with Crippen molar-refractivity contribution >= 4 is 6.20 Å². The highest BCUT2D eigenvalue weighted by molar-refractivity contribution is 5.28. The summed E-state index contributed by atoms with van der Waals surface area (Å²) in [4.78, 5) is 15.7. The first-order valence-corrected chi connectivity index (χ1v) is 4.52. The maximum atomic E-state index is 11.7. The second-order valence-corrected chi connectivity index (χ2v) is 2.92. The first-order chi connectivity index (χ1) is 7.33. The molecule has 0 unspecified atom stereocenters. The summed E-state index contributed by atoms with van der Waals surface area (Å²) in [6.45, 7) is 1.83. The molecule has 5 nitrogen and oxygen atoms in total. The van der Waals surface area contributed by atoms with Gasteiger partial charge in [-0.2, -0.15) is 9.78 Å². The number of pyridine rings is 1. The zero-order chi connectivity index (χ0) is 10.7. The summed E-state index contributed by atoms with van der Waals surface area (Å²) in [6, 6.07) is 3.57. The molecular formula is C10H10N4O. The molecule has 0 amide bonds. The van der Waals surface area contributed by atoms with Gasteiger partial charge in [-0.05, 0) is 19.1 Å². The Kier molecular flexibility index (Phi) is 2.45. The number of rotatable bonds is 2. The van der Waals surface area contributed by atoms with Gasteiger partial charge in [0.05, 0.1) is 11.9 Å². The third-order valence-electron chi connectivity index (χ3n) is 1.91. The van der Waals surface area contributed by atoms with Gasteiger partial charge in [-0.1, -0.05) is 6.08 Å². The standard InChI is InChI=1S/C10H10N4O/c1-2-6-14-10(15)13(8-12-14)9-4-3-5-11-7-9/h2-8H,1H3/b6-2+. The summed E-state index contributed by atoms with van der Waals surface area (Å²) in [7, 11) is 0. The highest BCUT2D eigenvalue weighted by Gasteiger charge is 2.03. The summed E-state index contributed by atoms with van der Waals surface area (Å²) in [6.07, 6.45) is 8.10. The fraction of sp³-hybridized carbons (Fsp3) is 0.100. The second-order valence-electron chi connectivity index (χ2n) is 2.92. The van der Waals surface area contributed by atoms with Crippen molar-refractivity contribution in [3.05, 3.63) is 47.4 Å². The van der Waals surface area contributed by atoms with Crippen LogP contribution < -0.4 is 5.69 Å². The van der Waals surface area contributed by atoms with Gasteiger partial charge in [-0.3, -0.25) is 4.98 Å². The van der Waals surface area contributed by atoms with Crippen LogP contribution in [0.2, 0.25) is 0 Å². The lowest BCUT2D eigenvalue weighted by atomic mass is 10.4. The van der Waals surface area contributed by atoms with Crippen LogP contribution in [0.15, 0.2) is 41.7 Å². The SMILES string of the molecule is C/C=C/n1ncn(-c2cccnc2)c1=O. The fourth-order valence-corrected chi connectivity index (χ4v) is 1.23. The molecule has 5 heteroatoms. The van der Waals surface area contributed by atoms with Crippen LogP contribution in [0, 0.1) is 0 Å². The van der Waals surface area contributed by atoms with Gasteiger partial charge >= 0.3 is 5.69 Å². The Bertz CT molecular complexity index is 524. The molecular weight excluding hydrogens is 192 g/mol. The van der Waals surface area contributed by atoms with Crippen molar-refractivity contribution in [1.29, 1.82) is 0 Å². The molecule has 0 bridgehead atoms. The summed E-state index contributed by atoms with van der Waals surface area (Å²) < 4.78 is 2.71. The Labute approximate surface area is 86.3 Å². The average molecular weight is 202 g/mol. The number of nitrogens with zero attached hydrogens (tertiary/aromatic N) is 4. The van der Waals surface area contributed by atoms with Gasteiger partial charge in [0.15, 0.2) is 0 Å². The molecule has 0 N–H and O–H groups in total. The first kappa shape index (κ1) is 9.39. The van der Waals surface area contributed by atoms with Crippen molar-refractivity contribution in [3.8, 4) is 5.69 Å². The molecule has 2 heterocycles. The smallest absolute Gasteiger partial charge is 0.263 e. The van der Waals surface area contributed by atoms with Gasteiger partial charge in [0, 0.05) is 12.4 Å². The van der Waals surface area contributed by atoms with Crippen molar-refractivity contribution in [2.24, 2.45) is 0 Å². The zero-order valence-electron chi connectivity index (χ0n) is 8.24. The number of hydrogen-bond acceptors (Lipinski definition) is 3. The Balaban J connectivity index is 2.52. The van der Waals surface area contributed by atoms with Crippen LogP contribution >= 0.6 is 0 Å². The van der Waals surface area contributed by atoms with E-state index in [1.807, 2.05) is 6.92 Å².